The summed E-state index contributed by atoms with van der Waals surface area (Å²) in [5.41, 5.74) is 3.97. The topological polar surface area (TPSA) is 9.23 Å². The largest absolute Gasteiger partial charge is 0.497 e. The Labute approximate surface area is 144 Å². The Morgan fingerprint density at radius 2 is 1.82 bits per heavy atom. The van der Waals surface area contributed by atoms with E-state index in [1.165, 1.54) is 21.6 Å². The van der Waals surface area contributed by atoms with Crippen LogP contribution in [0.1, 0.15) is 11.1 Å². The number of hydrogen-bond acceptors (Lipinski definition) is 4. The van der Waals surface area contributed by atoms with Gasteiger partial charge in [0, 0.05) is 4.91 Å². The highest BCUT2D eigenvalue weighted by molar-refractivity contribution is 8.81. The molecule has 2 aromatic rings. The SMILES string of the molecule is COc1ccc(CC2=C(c3ccccc3)SSC2C=S)cc1. The van der Waals surface area contributed by atoms with Crippen LogP contribution < -0.4 is 4.74 Å². The fraction of sp³-hybridized carbons (Fsp3) is 0.167. The minimum absolute atomic E-state index is 0.303. The summed E-state index contributed by atoms with van der Waals surface area (Å²) in [7, 11) is 5.37. The lowest BCUT2D eigenvalue weighted by Crippen LogP contribution is -2.06. The summed E-state index contributed by atoms with van der Waals surface area (Å²) >= 11 is 5.23. The van der Waals surface area contributed by atoms with Crippen LogP contribution in [0.4, 0.5) is 0 Å². The van der Waals surface area contributed by atoms with E-state index in [1.807, 2.05) is 39.1 Å². The van der Waals surface area contributed by atoms with Gasteiger partial charge in [-0.25, -0.2) is 0 Å². The lowest BCUT2D eigenvalue weighted by atomic mass is 9.99. The standard InChI is InChI=1S/C18H16OS3/c1-19-15-9-7-13(8-10-15)11-16-17(12-20)21-22-18(16)14-5-3-2-4-6-14/h2-10,12,17H,11H2,1H3. The van der Waals surface area contributed by atoms with E-state index in [0.717, 1.165) is 12.2 Å². The van der Waals surface area contributed by atoms with Gasteiger partial charge in [0.15, 0.2) is 0 Å². The molecular weight excluding hydrogens is 328 g/mol. The van der Waals surface area contributed by atoms with Crippen LogP contribution in [0.3, 0.4) is 0 Å². The third-order valence-corrected chi connectivity index (χ3v) is 6.83. The highest BCUT2D eigenvalue weighted by Gasteiger charge is 2.26. The second-order valence-corrected chi connectivity index (χ2v) is 7.61. The molecule has 1 unspecified atom stereocenters. The molecule has 3 rings (SSSR count). The van der Waals surface area contributed by atoms with E-state index in [0.29, 0.717) is 5.25 Å². The van der Waals surface area contributed by atoms with Gasteiger partial charge in [-0.05, 0) is 40.6 Å². The Bertz CT molecular complexity index is 677. The van der Waals surface area contributed by atoms with Gasteiger partial charge in [0.1, 0.15) is 5.75 Å². The summed E-state index contributed by atoms with van der Waals surface area (Å²) in [6.45, 7) is 0. The Balaban J connectivity index is 1.93. The number of ether oxygens (including phenoxy) is 1. The van der Waals surface area contributed by atoms with Crippen LogP contribution >= 0.6 is 33.8 Å². The molecule has 0 N–H and O–H groups in total. The summed E-state index contributed by atoms with van der Waals surface area (Å²) < 4.78 is 5.23. The van der Waals surface area contributed by atoms with Gasteiger partial charge in [0.25, 0.3) is 0 Å². The van der Waals surface area contributed by atoms with Crippen molar-refractivity contribution >= 4 is 44.1 Å². The Kier molecular flexibility index (Phi) is 5.24. The molecular formula is C18H16OS3. The highest BCUT2D eigenvalue weighted by Crippen LogP contribution is 2.51. The molecule has 22 heavy (non-hydrogen) atoms. The summed E-state index contributed by atoms with van der Waals surface area (Å²) in [4.78, 5) is 1.35. The van der Waals surface area contributed by atoms with Crippen molar-refractivity contribution in [3.05, 3.63) is 71.3 Å². The highest BCUT2D eigenvalue weighted by atomic mass is 33.1. The van der Waals surface area contributed by atoms with Gasteiger partial charge in [-0.1, -0.05) is 76.3 Å². The molecule has 112 valence electrons. The molecule has 2 aromatic carbocycles. The minimum atomic E-state index is 0.303. The summed E-state index contributed by atoms with van der Waals surface area (Å²) in [6, 6.07) is 18.8. The minimum Gasteiger partial charge on any atom is -0.497 e. The van der Waals surface area contributed by atoms with E-state index in [1.54, 1.807) is 7.11 Å². The summed E-state index contributed by atoms with van der Waals surface area (Å²) in [5, 5.41) is 2.18. The lowest BCUT2D eigenvalue weighted by Gasteiger charge is -2.11. The molecule has 1 aliphatic heterocycles. The lowest BCUT2D eigenvalue weighted by molar-refractivity contribution is 0.414. The van der Waals surface area contributed by atoms with Crippen LogP contribution in [-0.2, 0) is 6.42 Å². The fourth-order valence-corrected chi connectivity index (χ4v) is 5.85. The Morgan fingerprint density at radius 3 is 2.45 bits per heavy atom. The maximum atomic E-state index is 5.23. The summed E-state index contributed by atoms with van der Waals surface area (Å²) in [5.74, 6) is 0.891. The van der Waals surface area contributed by atoms with E-state index in [-0.39, 0.29) is 0 Å². The van der Waals surface area contributed by atoms with Crippen molar-refractivity contribution in [1.29, 1.82) is 0 Å². The van der Waals surface area contributed by atoms with Gasteiger partial charge in [-0.2, -0.15) is 0 Å². The molecule has 0 spiro atoms. The molecule has 4 heteroatoms. The van der Waals surface area contributed by atoms with Crippen molar-refractivity contribution in [3.63, 3.8) is 0 Å². The second kappa shape index (κ2) is 7.36. The molecule has 0 aromatic heterocycles. The first-order valence-electron chi connectivity index (χ1n) is 7.02. The van der Waals surface area contributed by atoms with Crippen LogP contribution in [0.15, 0.2) is 60.2 Å². The van der Waals surface area contributed by atoms with Gasteiger partial charge in [-0.3, -0.25) is 0 Å². The molecule has 0 aliphatic carbocycles. The van der Waals surface area contributed by atoms with Gasteiger partial charge in [0.05, 0.1) is 12.4 Å². The normalized spacial score (nSPS) is 17.6. The smallest absolute Gasteiger partial charge is 0.118 e. The van der Waals surface area contributed by atoms with Crippen molar-refractivity contribution in [2.75, 3.05) is 7.11 Å². The molecule has 1 aliphatic rings. The summed E-state index contributed by atoms with van der Waals surface area (Å²) in [6.07, 6.45) is 0.923. The van der Waals surface area contributed by atoms with Crippen LogP contribution in [0.25, 0.3) is 4.91 Å². The van der Waals surface area contributed by atoms with Gasteiger partial charge in [-0.15, -0.1) is 0 Å². The maximum Gasteiger partial charge on any atom is 0.118 e. The van der Waals surface area contributed by atoms with Crippen molar-refractivity contribution < 1.29 is 4.74 Å². The predicted octanol–water partition coefficient (Wildman–Crippen LogP) is 5.41. The van der Waals surface area contributed by atoms with Crippen molar-refractivity contribution in [3.8, 4) is 5.75 Å². The van der Waals surface area contributed by atoms with Crippen molar-refractivity contribution in [2.45, 2.75) is 11.7 Å². The first-order chi connectivity index (χ1) is 10.8. The molecule has 1 atom stereocenters. The molecule has 0 radical (unpaired) electrons. The zero-order valence-electron chi connectivity index (χ0n) is 12.2. The quantitative estimate of drug-likeness (QED) is 0.529. The van der Waals surface area contributed by atoms with E-state index in [2.05, 4.69) is 42.5 Å². The second-order valence-electron chi connectivity index (χ2n) is 4.98. The molecule has 0 saturated carbocycles. The molecule has 0 amide bonds. The fourth-order valence-electron chi connectivity index (χ4n) is 2.41. The molecule has 0 bridgehead atoms. The third kappa shape index (κ3) is 3.40. The number of benzene rings is 2. The maximum absolute atomic E-state index is 5.23. The van der Waals surface area contributed by atoms with Crippen LogP contribution in [0, 0.1) is 0 Å². The zero-order chi connectivity index (χ0) is 15.4. The molecule has 1 nitrogen and oxygen atoms in total. The van der Waals surface area contributed by atoms with Crippen LogP contribution in [0.5, 0.6) is 5.75 Å². The molecule has 0 saturated heterocycles. The van der Waals surface area contributed by atoms with Gasteiger partial charge < -0.3 is 4.74 Å². The van der Waals surface area contributed by atoms with E-state index < -0.39 is 0 Å². The van der Waals surface area contributed by atoms with Gasteiger partial charge in [0.2, 0.25) is 0 Å². The van der Waals surface area contributed by atoms with Crippen molar-refractivity contribution in [2.24, 2.45) is 0 Å². The monoisotopic (exact) mass is 344 g/mol. The van der Waals surface area contributed by atoms with E-state index in [9.17, 15) is 0 Å². The van der Waals surface area contributed by atoms with E-state index in [4.69, 9.17) is 17.0 Å². The number of hydrogen-bond donors (Lipinski definition) is 0. The van der Waals surface area contributed by atoms with Crippen molar-refractivity contribution in [1.82, 2.24) is 0 Å². The average molecular weight is 345 g/mol. The first kappa shape index (κ1) is 15.7. The first-order valence-corrected chi connectivity index (χ1v) is 9.70. The third-order valence-electron chi connectivity index (χ3n) is 3.58. The zero-order valence-corrected chi connectivity index (χ0v) is 14.6. The predicted molar refractivity (Wildman–Crippen MR) is 103 cm³/mol. The molecule has 1 heterocycles. The van der Waals surface area contributed by atoms with Crippen LogP contribution in [-0.4, -0.2) is 17.7 Å². The molecule has 0 fully saturated rings. The Morgan fingerprint density at radius 1 is 1.09 bits per heavy atom. The van der Waals surface area contributed by atoms with Crippen LogP contribution in [0.2, 0.25) is 0 Å². The number of rotatable bonds is 5. The van der Waals surface area contributed by atoms with E-state index >= 15 is 0 Å². The average Bonchev–Trinajstić information content (AvgIpc) is 2.99. The number of methoxy groups -OCH3 is 1. The van der Waals surface area contributed by atoms with Gasteiger partial charge >= 0.3 is 0 Å². The Hall–Kier alpha value is -1.23. The number of thiocarbonyl (C=S) groups is 1.